The molecule has 76 valence electrons. The first-order chi connectivity index (χ1) is 6.63. The van der Waals surface area contributed by atoms with E-state index in [0.717, 1.165) is 0 Å². The van der Waals surface area contributed by atoms with E-state index in [1.165, 1.54) is 17.9 Å². The lowest BCUT2D eigenvalue weighted by Crippen LogP contribution is -2.35. The number of carbonyl (C=O) groups is 2. The summed E-state index contributed by atoms with van der Waals surface area (Å²) in [4.78, 5) is 22.1. The molecule has 0 aliphatic rings. The average Bonchev–Trinajstić information content (AvgIpc) is 2.60. The van der Waals surface area contributed by atoms with Gasteiger partial charge in [-0.25, -0.2) is 0 Å². The summed E-state index contributed by atoms with van der Waals surface area (Å²) in [5.74, 6) is -0.677. The molecule has 0 fully saturated rings. The first kappa shape index (κ1) is 10.2. The molecule has 1 aromatic heterocycles. The summed E-state index contributed by atoms with van der Waals surface area (Å²) in [6.07, 6.45) is 1.47. The first-order valence-corrected chi connectivity index (χ1v) is 3.98. The molecule has 0 bridgehead atoms. The van der Waals surface area contributed by atoms with Gasteiger partial charge in [0.05, 0.1) is 12.7 Å². The monoisotopic (exact) mass is 197 g/mol. The van der Waals surface area contributed by atoms with E-state index in [2.05, 4.69) is 20.9 Å². The van der Waals surface area contributed by atoms with Gasteiger partial charge in [-0.15, -0.1) is 5.10 Å². The molecule has 2 amide bonds. The number of aryl methyl sites for hydroxylation is 1. The van der Waals surface area contributed by atoms with Crippen LogP contribution in [0.3, 0.4) is 0 Å². The fraction of sp³-hybridized carbons (Fsp3) is 0.429. The van der Waals surface area contributed by atoms with Gasteiger partial charge in [-0.05, 0) is 0 Å². The number of carbonyl (C=O) groups excluding carboxylic acids is 2. The predicted octanol–water partition coefficient (Wildman–Crippen LogP) is -1.71. The molecule has 0 atom stereocenters. The molecule has 1 aromatic rings. The van der Waals surface area contributed by atoms with Crippen molar-refractivity contribution < 1.29 is 9.59 Å². The Hall–Kier alpha value is -1.92. The van der Waals surface area contributed by atoms with E-state index in [4.69, 9.17) is 0 Å². The van der Waals surface area contributed by atoms with E-state index in [1.54, 1.807) is 7.05 Å². The molecule has 1 heterocycles. The third kappa shape index (κ3) is 2.54. The highest BCUT2D eigenvalue weighted by atomic mass is 16.2. The van der Waals surface area contributed by atoms with Crippen LogP contribution >= 0.6 is 0 Å². The van der Waals surface area contributed by atoms with Crippen molar-refractivity contribution in [2.75, 3.05) is 13.6 Å². The van der Waals surface area contributed by atoms with E-state index in [0.29, 0.717) is 0 Å². The van der Waals surface area contributed by atoms with Gasteiger partial charge in [0.2, 0.25) is 5.91 Å². The standard InChI is InChI=1S/C7H11N5O2/c1-8-6(13)3-9-7(14)5-4-12(2)11-10-5/h4H,3H2,1-2H3,(H,8,13)(H,9,14). The molecule has 0 aliphatic carbocycles. The second-order valence-electron chi connectivity index (χ2n) is 2.63. The minimum absolute atomic E-state index is 0.0636. The van der Waals surface area contributed by atoms with E-state index < -0.39 is 5.91 Å². The van der Waals surface area contributed by atoms with Gasteiger partial charge in [-0.1, -0.05) is 5.21 Å². The van der Waals surface area contributed by atoms with Crippen LogP contribution < -0.4 is 10.6 Å². The molecule has 0 saturated carbocycles. The molecule has 0 spiro atoms. The molecule has 0 unspecified atom stereocenters. The summed E-state index contributed by atoms with van der Waals surface area (Å²) in [6.45, 7) is -0.0636. The Balaban J connectivity index is 2.47. The number of rotatable bonds is 3. The Kier molecular flexibility index (Phi) is 3.16. The zero-order chi connectivity index (χ0) is 10.6. The summed E-state index contributed by atoms with van der Waals surface area (Å²) in [6, 6.07) is 0. The van der Waals surface area contributed by atoms with Gasteiger partial charge in [0, 0.05) is 14.1 Å². The SMILES string of the molecule is CNC(=O)CNC(=O)c1cn(C)nn1. The topological polar surface area (TPSA) is 88.9 Å². The smallest absolute Gasteiger partial charge is 0.273 e. The third-order valence-corrected chi connectivity index (χ3v) is 1.52. The number of hydrogen-bond acceptors (Lipinski definition) is 4. The molecule has 1 rings (SSSR count). The van der Waals surface area contributed by atoms with Gasteiger partial charge in [0.15, 0.2) is 5.69 Å². The first-order valence-electron chi connectivity index (χ1n) is 3.98. The van der Waals surface area contributed by atoms with Gasteiger partial charge in [0.25, 0.3) is 5.91 Å². The van der Waals surface area contributed by atoms with E-state index in [1.807, 2.05) is 0 Å². The summed E-state index contributed by atoms with van der Waals surface area (Å²) in [5, 5.41) is 12.0. The van der Waals surface area contributed by atoms with Crippen molar-refractivity contribution in [1.29, 1.82) is 0 Å². The normalized spacial score (nSPS) is 9.57. The summed E-state index contributed by atoms with van der Waals surface area (Å²) >= 11 is 0. The van der Waals surface area contributed by atoms with Crippen molar-refractivity contribution in [3.63, 3.8) is 0 Å². The Morgan fingerprint density at radius 2 is 2.29 bits per heavy atom. The largest absolute Gasteiger partial charge is 0.358 e. The lowest BCUT2D eigenvalue weighted by atomic mass is 10.4. The Labute approximate surface area is 80.5 Å². The Morgan fingerprint density at radius 1 is 1.57 bits per heavy atom. The van der Waals surface area contributed by atoms with Crippen molar-refractivity contribution in [1.82, 2.24) is 25.6 Å². The number of amides is 2. The molecule has 7 nitrogen and oxygen atoms in total. The number of likely N-dealkylation sites (N-methyl/N-ethyl adjacent to an activating group) is 1. The number of nitrogens with zero attached hydrogens (tertiary/aromatic N) is 3. The van der Waals surface area contributed by atoms with Crippen LogP contribution in [0.25, 0.3) is 0 Å². The molecule has 2 N–H and O–H groups in total. The second kappa shape index (κ2) is 4.35. The maximum absolute atomic E-state index is 11.3. The van der Waals surface area contributed by atoms with E-state index in [-0.39, 0.29) is 18.1 Å². The van der Waals surface area contributed by atoms with Gasteiger partial charge in [0.1, 0.15) is 0 Å². The van der Waals surface area contributed by atoms with Crippen LogP contribution in [0.4, 0.5) is 0 Å². The molecule has 0 radical (unpaired) electrons. The third-order valence-electron chi connectivity index (χ3n) is 1.52. The van der Waals surface area contributed by atoms with Gasteiger partial charge >= 0.3 is 0 Å². The quantitative estimate of drug-likeness (QED) is 0.604. The predicted molar refractivity (Wildman–Crippen MR) is 47.4 cm³/mol. The van der Waals surface area contributed by atoms with Crippen LogP contribution in [0.5, 0.6) is 0 Å². The Bertz CT molecular complexity index is 346. The van der Waals surface area contributed by atoms with Crippen LogP contribution in [0, 0.1) is 0 Å². The molecule has 7 heteroatoms. The fourth-order valence-electron chi connectivity index (χ4n) is 0.791. The zero-order valence-corrected chi connectivity index (χ0v) is 7.94. The summed E-state index contributed by atoms with van der Waals surface area (Å²) in [5.41, 5.74) is 0.191. The molecule has 14 heavy (non-hydrogen) atoms. The maximum atomic E-state index is 11.3. The van der Waals surface area contributed by atoms with Crippen LogP contribution in [-0.2, 0) is 11.8 Å². The Morgan fingerprint density at radius 3 is 2.79 bits per heavy atom. The summed E-state index contributed by atoms with van der Waals surface area (Å²) in [7, 11) is 3.15. The van der Waals surface area contributed by atoms with Gasteiger partial charge < -0.3 is 10.6 Å². The molecular weight excluding hydrogens is 186 g/mol. The van der Waals surface area contributed by atoms with Crippen LogP contribution in [0.1, 0.15) is 10.5 Å². The van der Waals surface area contributed by atoms with Crippen LogP contribution in [0.15, 0.2) is 6.20 Å². The molecule has 0 saturated heterocycles. The van der Waals surface area contributed by atoms with Crippen LogP contribution in [0.2, 0.25) is 0 Å². The van der Waals surface area contributed by atoms with Gasteiger partial charge in [-0.2, -0.15) is 0 Å². The minimum Gasteiger partial charge on any atom is -0.358 e. The fourth-order valence-corrected chi connectivity index (χ4v) is 0.791. The number of nitrogens with one attached hydrogen (secondary N) is 2. The maximum Gasteiger partial charge on any atom is 0.273 e. The van der Waals surface area contributed by atoms with Crippen LogP contribution in [-0.4, -0.2) is 40.4 Å². The summed E-state index contributed by atoms with van der Waals surface area (Å²) < 4.78 is 1.41. The number of hydrogen-bond donors (Lipinski definition) is 2. The highest BCUT2D eigenvalue weighted by Gasteiger charge is 2.10. The molecule has 0 aromatic carbocycles. The molecular formula is C7H11N5O2. The zero-order valence-electron chi connectivity index (χ0n) is 7.94. The van der Waals surface area contributed by atoms with E-state index >= 15 is 0 Å². The number of aromatic nitrogens is 3. The van der Waals surface area contributed by atoms with Crippen molar-refractivity contribution in [3.8, 4) is 0 Å². The van der Waals surface area contributed by atoms with Crippen molar-refractivity contribution in [2.24, 2.45) is 7.05 Å². The van der Waals surface area contributed by atoms with Crippen molar-refractivity contribution in [2.45, 2.75) is 0 Å². The van der Waals surface area contributed by atoms with Gasteiger partial charge in [-0.3, -0.25) is 14.3 Å². The van der Waals surface area contributed by atoms with E-state index in [9.17, 15) is 9.59 Å². The second-order valence-corrected chi connectivity index (χ2v) is 2.63. The van der Waals surface area contributed by atoms with Crippen molar-refractivity contribution in [3.05, 3.63) is 11.9 Å². The van der Waals surface area contributed by atoms with Crippen molar-refractivity contribution >= 4 is 11.8 Å². The highest BCUT2D eigenvalue weighted by molar-refractivity contribution is 5.94. The highest BCUT2D eigenvalue weighted by Crippen LogP contribution is 1.89. The minimum atomic E-state index is -0.415. The lowest BCUT2D eigenvalue weighted by Gasteiger charge is -2.00. The molecule has 0 aliphatic heterocycles. The lowest BCUT2D eigenvalue weighted by molar-refractivity contribution is -0.119. The average molecular weight is 197 g/mol.